The Kier molecular flexibility index (Phi) is 3.34. The number of ether oxygens (including phenoxy) is 2. The van der Waals surface area contributed by atoms with Crippen molar-refractivity contribution in [3.05, 3.63) is 0 Å². The second kappa shape index (κ2) is 4.18. The average molecular weight is 215 g/mol. The minimum atomic E-state index is -0.585. The van der Waals surface area contributed by atoms with Crippen LogP contribution in [0, 0.1) is 0 Å². The highest BCUT2D eigenvalue weighted by Gasteiger charge is 2.34. The van der Waals surface area contributed by atoms with Crippen LogP contribution in [0.2, 0.25) is 0 Å². The molecular formula is C10H17NO4. The van der Waals surface area contributed by atoms with Crippen LogP contribution in [0.4, 0.5) is 4.79 Å². The van der Waals surface area contributed by atoms with Gasteiger partial charge in [0.25, 0.3) is 0 Å². The highest BCUT2D eigenvalue weighted by molar-refractivity contribution is 5.90. The Morgan fingerprint density at radius 1 is 1.53 bits per heavy atom. The summed E-state index contributed by atoms with van der Waals surface area (Å²) in [6.45, 7) is 7.10. The van der Waals surface area contributed by atoms with E-state index in [9.17, 15) is 9.59 Å². The lowest BCUT2D eigenvalue weighted by Crippen LogP contribution is -2.45. The van der Waals surface area contributed by atoms with Gasteiger partial charge in [0.15, 0.2) is 5.78 Å². The van der Waals surface area contributed by atoms with Crippen LogP contribution in [-0.4, -0.2) is 36.2 Å². The maximum absolute atomic E-state index is 11.4. The number of rotatable bonds is 1. The molecule has 0 saturated carbocycles. The van der Waals surface area contributed by atoms with Gasteiger partial charge in [0.1, 0.15) is 18.2 Å². The van der Waals surface area contributed by atoms with Gasteiger partial charge in [0.2, 0.25) is 0 Å². The molecule has 0 unspecified atom stereocenters. The summed E-state index contributed by atoms with van der Waals surface area (Å²) in [4.78, 5) is 22.7. The number of hydrogen-bond donors (Lipinski definition) is 1. The number of nitrogens with one attached hydrogen (secondary N) is 1. The van der Waals surface area contributed by atoms with Crippen molar-refractivity contribution in [1.29, 1.82) is 0 Å². The lowest BCUT2D eigenvalue weighted by Gasteiger charge is -2.22. The zero-order valence-electron chi connectivity index (χ0n) is 9.49. The first-order valence-corrected chi connectivity index (χ1v) is 4.93. The Balaban J connectivity index is 2.48. The SMILES string of the molecule is C[C@@H]1OCC(=O)[C@H]1NC(=O)OC(C)(C)C. The zero-order valence-corrected chi connectivity index (χ0v) is 9.49. The average Bonchev–Trinajstić information content (AvgIpc) is 2.32. The van der Waals surface area contributed by atoms with Crippen molar-refractivity contribution in [2.45, 2.75) is 45.4 Å². The van der Waals surface area contributed by atoms with Gasteiger partial charge in [0, 0.05) is 0 Å². The van der Waals surface area contributed by atoms with Gasteiger partial charge in [-0.15, -0.1) is 0 Å². The van der Waals surface area contributed by atoms with Crippen LogP contribution < -0.4 is 5.32 Å². The van der Waals surface area contributed by atoms with Crippen molar-refractivity contribution in [2.24, 2.45) is 0 Å². The molecule has 5 heteroatoms. The molecule has 0 aromatic carbocycles. The third kappa shape index (κ3) is 3.51. The van der Waals surface area contributed by atoms with E-state index in [-0.39, 0.29) is 18.5 Å². The molecule has 1 N–H and O–H groups in total. The normalized spacial score (nSPS) is 26.5. The molecule has 0 aromatic rings. The van der Waals surface area contributed by atoms with E-state index in [2.05, 4.69) is 5.32 Å². The summed E-state index contributed by atoms with van der Waals surface area (Å²) < 4.78 is 10.1. The summed E-state index contributed by atoms with van der Waals surface area (Å²) in [5.41, 5.74) is -0.560. The minimum absolute atomic E-state index is 0.0572. The molecular weight excluding hydrogens is 198 g/mol. The number of ketones is 1. The molecule has 1 fully saturated rings. The number of carbonyl (C=O) groups excluding carboxylic acids is 2. The standard InChI is InChI=1S/C10H17NO4/c1-6-8(7(12)5-14-6)11-9(13)15-10(2,3)4/h6,8H,5H2,1-4H3,(H,11,13)/t6-,8-/m0/s1. The molecule has 1 amide bonds. The molecule has 5 nitrogen and oxygen atoms in total. The van der Waals surface area contributed by atoms with E-state index >= 15 is 0 Å². The van der Waals surface area contributed by atoms with Gasteiger partial charge < -0.3 is 14.8 Å². The van der Waals surface area contributed by atoms with E-state index in [1.54, 1.807) is 27.7 Å². The van der Waals surface area contributed by atoms with Crippen LogP contribution in [0.1, 0.15) is 27.7 Å². The fourth-order valence-electron chi connectivity index (χ4n) is 1.29. The summed E-state index contributed by atoms with van der Waals surface area (Å²) in [5, 5.41) is 2.50. The maximum atomic E-state index is 11.4. The summed E-state index contributed by atoms with van der Waals surface area (Å²) in [6, 6.07) is -0.583. The van der Waals surface area contributed by atoms with Crippen molar-refractivity contribution < 1.29 is 19.1 Å². The molecule has 0 aromatic heterocycles. The highest BCUT2D eigenvalue weighted by atomic mass is 16.6. The second-order valence-electron chi connectivity index (χ2n) is 4.61. The topological polar surface area (TPSA) is 64.6 Å². The van der Waals surface area contributed by atoms with Gasteiger partial charge in [-0.25, -0.2) is 4.79 Å². The lowest BCUT2D eigenvalue weighted by molar-refractivity contribution is -0.119. The molecule has 2 atom stereocenters. The number of carbonyl (C=O) groups is 2. The van der Waals surface area contributed by atoms with Crippen molar-refractivity contribution >= 4 is 11.9 Å². The smallest absolute Gasteiger partial charge is 0.408 e. The summed E-state index contributed by atoms with van der Waals surface area (Å²) in [6.07, 6.45) is -0.872. The molecule has 1 aliphatic rings. The Morgan fingerprint density at radius 3 is 2.53 bits per heavy atom. The molecule has 86 valence electrons. The fourth-order valence-corrected chi connectivity index (χ4v) is 1.29. The second-order valence-corrected chi connectivity index (χ2v) is 4.61. The van der Waals surface area contributed by atoms with E-state index in [1.807, 2.05) is 0 Å². The summed E-state index contributed by atoms with van der Waals surface area (Å²) >= 11 is 0. The Labute approximate surface area is 89.1 Å². The lowest BCUT2D eigenvalue weighted by atomic mass is 10.1. The first kappa shape index (κ1) is 12.0. The first-order chi connectivity index (χ1) is 6.79. The van der Waals surface area contributed by atoms with E-state index < -0.39 is 17.7 Å². The molecule has 1 rings (SSSR count). The first-order valence-electron chi connectivity index (χ1n) is 4.93. The summed E-state index contributed by atoms with van der Waals surface area (Å²) in [5.74, 6) is -0.117. The van der Waals surface area contributed by atoms with E-state index in [1.165, 1.54) is 0 Å². The molecule has 0 bridgehead atoms. The van der Waals surface area contributed by atoms with Crippen LogP contribution in [0.25, 0.3) is 0 Å². The quantitative estimate of drug-likeness (QED) is 0.704. The number of hydrogen-bond acceptors (Lipinski definition) is 4. The molecule has 15 heavy (non-hydrogen) atoms. The molecule has 0 radical (unpaired) electrons. The summed E-state index contributed by atoms with van der Waals surface area (Å²) in [7, 11) is 0. The predicted molar refractivity (Wildman–Crippen MR) is 53.6 cm³/mol. The molecule has 1 aliphatic heterocycles. The van der Waals surface area contributed by atoms with Gasteiger partial charge in [0.05, 0.1) is 6.10 Å². The van der Waals surface area contributed by atoms with Crippen molar-refractivity contribution in [3.8, 4) is 0 Å². The van der Waals surface area contributed by atoms with Crippen LogP contribution in [0.15, 0.2) is 0 Å². The monoisotopic (exact) mass is 215 g/mol. The van der Waals surface area contributed by atoms with Gasteiger partial charge in [-0.3, -0.25) is 4.79 Å². The van der Waals surface area contributed by atoms with Crippen LogP contribution in [0.3, 0.4) is 0 Å². The molecule has 1 saturated heterocycles. The van der Waals surface area contributed by atoms with E-state index in [0.29, 0.717) is 0 Å². The third-order valence-corrected chi connectivity index (χ3v) is 1.98. The maximum Gasteiger partial charge on any atom is 0.408 e. The largest absolute Gasteiger partial charge is 0.444 e. The van der Waals surface area contributed by atoms with Gasteiger partial charge >= 0.3 is 6.09 Å². The predicted octanol–water partition coefficient (Wildman–Crippen LogP) is 0.867. The number of amides is 1. The third-order valence-electron chi connectivity index (χ3n) is 1.98. The number of alkyl carbamates (subject to hydrolysis) is 1. The Hall–Kier alpha value is -1.10. The van der Waals surface area contributed by atoms with Crippen LogP contribution in [0.5, 0.6) is 0 Å². The van der Waals surface area contributed by atoms with Gasteiger partial charge in [-0.2, -0.15) is 0 Å². The van der Waals surface area contributed by atoms with E-state index in [4.69, 9.17) is 9.47 Å². The van der Waals surface area contributed by atoms with Gasteiger partial charge in [-0.05, 0) is 27.7 Å². The number of Topliss-reactive ketones (excluding diaryl/α,β-unsaturated/α-hetero) is 1. The zero-order chi connectivity index (χ0) is 11.6. The van der Waals surface area contributed by atoms with Crippen LogP contribution >= 0.6 is 0 Å². The van der Waals surface area contributed by atoms with Crippen LogP contribution in [-0.2, 0) is 14.3 Å². The van der Waals surface area contributed by atoms with Crippen molar-refractivity contribution in [2.75, 3.05) is 6.61 Å². The Bertz CT molecular complexity index is 269. The fraction of sp³-hybridized carbons (Fsp3) is 0.800. The van der Waals surface area contributed by atoms with Gasteiger partial charge in [-0.1, -0.05) is 0 Å². The molecule has 0 spiro atoms. The van der Waals surface area contributed by atoms with E-state index in [0.717, 1.165) is 0 Å². The van der Waals surface area contributed by atoms with Crippen molar-refractivity contribution in [3.63, 3.8) is 0 Å². The minimum Gasteiger partial charge on any atom is -0.444 e. The Morgan fingerprint density at radius 2 is 2.13 bits per heavy atom. The van der Waals surface area contributed by atoms with Crippen molar-refractivity contribution in [1.82, 2.24) is 5.32 Å². The molecule has 1 heterocycles. The highest BCUT2D eigenvalue weighted by Crippen LogP contribution is 2.11. The molecule has 0 aliphatic carbocycles.